The summed E-state index contributed by atoms with van der Waals surface area (Å²) in [6, 6.07) is 4.03. The first kappa shape index (κ1) is 9.34. The highest BCUT2D eigenvalue weighted by Crippen LogP contribution is 2.36. The van der Waals surface area contributed by atoms with E-state index in [0.717, 1.165) is 17.9 Å². The molecule has 0 aliphatic heterocycles. The second-order valence-corrected chi connectivity index (χ2v) is 4.12. The number of aryl methyl sites for hydroxylation is 1. The monoisotopic (exact) mass is 207 g/mol. The third kappa shape index (κ3) is 1.34. The van der Waals surface area contributed by atoms with Crippen molar-refractivity contribution in [3.63, 3.8) is 0 Å². The Kier molecular flexibility index (Phi) is 2.33. The molecule has 2 N–H and O–H groups in total. The van der Waals surface area contributed by atoms with Crippen LogP contribution < -0.4 is 10.5 Å². The molecule has 74 valence electrons. The van der Waals surface area contributed by atoms with Crippen molar-refractivity contribution in [1.82, 2.24) is 0 Å². The number of hydrogen-bond donors (Lipinski definition) is 1. The van der Waals surface area contributed by atoms with Gasteiger partial charge in [-0.05, 0) is 24.1 Å². The fraction of sp³-hybridized carbons (Fsp3) is 0.273. The first-order valence-electron chi connectivity index (χ1n) is 4.59. The minimum Gasteiger partial charge on any atom is -0.495 e. The Balaban J connectivity index is 2.78. The number of fused-ring (bicyclic) bond motifs is 1. The number of rotatable bonds is 2. The van der Waals surface area contributed by atoms with Gasteiger partial charge in [0.25, 0.3) is 0 Å². The van der Waals surface area contributed by atoms with Crippen LogP contribution in [0.1, 0.15) is 12.5 Å². The lowest BCUT2D eigenvalue weighted by Crippen LogP contribution is -1.89. The predicted molar refractivity (Wildman–Crippen MR) is 62.2 cm³/mol. The van der Waals surface area contributed by atoms with Crippen LogP contribution in [0.15, 0.2) is 17.5 Å². The van der Waals surface area contributed by atoms with Gasteiger partial charge in [0.1, 0.15) is 5.75 Å². The molecule has 14 heavy (non-hydrogen) atoms. The molecule has 1 aromatic heterocycles. The first-order chi connectivity index (χ1) is 6.76. The van der Waals surface area contributed by atoms with Gasteiger partial charge in [0.2, 0.25) is 0 Å². The number of nitrogen functional groups attached to an aromatic ring is 1. The number of ether oxygens (including phenoxy) is 1. The number of benzene rings is 1. The number of nitrogens with two attached hydrogens (primary N) is 1. The molecule has 0 unspecified atom stereocenters. The summed E-state index contributed by atoms with van der Waals surface area (Å²) in [5.41, 5.74) is 7.91. The van der Waals surface area contributed by atoms with Crippen molar-refractivity contribution in [2.75, 3.05) is 12.8 Å². The summed E-state index contributed by atoms with van der Waals surface area (Å²) in [6.45, 7) is 2.13. The van der Waals surface area contributed by atoms with E-state index in [9.17, 15) is 0 Å². The molecular formula is C11H13NOS. The van der Waals surface area contributed by atoms with Gasteiger partial charge in [-0.3, -0.25) is 0 Å². The third-order valence-corrected chi connectivity index (χ3v) is 3.25. The highest BCUT2D eigenvalue weighted by Gasteiger charge is 2.09. The van der Waals surface area contributed by atoms with Crippen molar-refractivity contribution in [2.45, 2.75) is 13.3 Å². The standard InChI is InChI=1S/C11H13NOS/c1-3-7-4-8(12)5-10-11(7)9(13-2)6-14-10/h4-6H,3,12H2,1-2H3. The molecule has 1 aromatic carbocycles. The zero-order valence-electron chi connectivity index (χ0n) is 8.33. The molecule has 3 heteroatoms. The van der Waals surface area contributed by atoms with Crippen LogP contribution in [0.4, 0.5) is 5.69 Å². The Bertz CT molecular complexity index is 462. The number of thiophene rings is 1. The van der Waals surface area contributed by atoms with Crippen molar-refractivity contribution in [1.29, 1.82) is 0 Å². The van der Waals surface area contributed by atoms with Gasteiger partial charge in [-0.15, -0.1) is 11.3 Å². The number of methoxy groups -OCH3 is 1. The SMILES string of the molecule is CCc1cc(N)cc2scc(OC)c12. The van der Waals surface area contributed by atoms with E-state index in [2.05, 4.69) is 6.92 Å². The minimum absolute atomic E-state index is 0.832. The molecule has 0 spiro atoms. The van der Waals surface area contributed by atoms with E-state index in [0.29, 0.717) is 0 Å². The lowest BCUT2D eigenvalue weighted by Gasteiger charge is -2.04. The first-order valence-corrected chi connectivity index (χ1v) is 5.47. The van der Waals surface area contributed by atoms with E-state index in [1.165, 1.54) is 15.6 Å². The van der Waals surface area contributed by atoms with Gasteiger partial charge >= 0.3 is 0 Å². The summed E-state index contributed by atoms with van der Waals surface area (Å²) in [7, 11) is 1.71. The second kappa shape index (κ2) is 3.50. The summed E-state index contributed by atoms with van der Waals surface area (Å²) >= 11 is 1.68. The maximum absolute atomic E-state index is 5.82. The van der Waals surface area contributed by atoms with Gasteiger partial charge < -0.3 is 10.5 Å². The lowest BCUT2D eigenvalue weighted by atomic mass is 10.1. The molecule has 0 fully saturated rings. The van der Waals surface area contributed by atoms with Crippen LogP contribution in [0.3, 0.4) is 0 Å². The molecule has 0 saturated heterocycles. The minimum atomic E-state index is 0.832. The fourth-order valence-electron chi connectivity index (χ4n) is 1.67. The van der Waals surface area contributed by atoms with Crippen LogP contribution in [-0.4, -0.2) is 7.11 Å². The summed E-state index contributed by atoms with van der Waals surface area (Å²) in [4.78, 5) is 0. The average molecular weight is 207 g/mol. The lowest BCUT2D eigenvalue weighted by molar-refractivity contribution is 0.421. The van der Waals surface area contributed by atoms with E-state index < -0.39 is 0 Å². The largest absolute Gasteiger partial charge is 0.495 e. The molecule has 0 saturated carbocycles. The van der Waals surface area contributed by atoms with Crippen LogP contribution in [0, 0.1) is 0 Å². The van der Waals surface area contributed by atoms with E-state index >= 15 is 0 Å². The maximum atomic E-state index is 5.82. The normalized spacial score (nSPS) is 10.7. The summed E-state index contributed by atoms with van der Waals surface area (Å²) < 4.78 is 6.53. The highest BCUT2D eigenvalue weighted by molar-refractivity contribution is 7.17. The molecule has 2 aromatic rings. The van der Waals surface area contributed by atoms with Gasteiger partial charge in [0.15, 0.2) is 0 Å². The van der Waals surface area contributed by atoms with Crippen molar-refractivity contribution in [3.05, 3.63) is 23.1 Å². The van der Waals surface area contributed by atoms with E-state index in [-0.39, 0.29) is 0 Å². The van der Waals surface area contributed by atoms with Crippen LogP contribution >= 0.6 is 11.3 Å². The van der Waals surface area contributed by atoms with Crippen molar-refractivity contribution in [3.8, 4) is 5.75 Å². The highest BCUT2D eigenvalue weighted by atomic mass is 32.1. The van der Waals surface area contributed by atoms with Crippen molar-refractivity contribution >= 4 is 27.1 Å². The van der Waals surface area contributed by atoms with Gasteiger partial charge in [-0.25, -0.2) is 0 Å². The quantitative estimate of drug-likeness (QED) is 0.768. The molecule has 0 amide bonds. The summed E-state index contributed by atoms with van der Waals surface area (Å²) in [5, 5.41) is 3.25. The Morgan fingerprint density at radius 3 is 2.86 bits per heavy atom. The molecule has 0 bridgehead atoms. The summed E-state index contributed by atoms with van der Waals surface area (Å²) in [5.74, 6) is 0.960. The zero-order valence-corrected chi connectivity index (χ0v) is 9.15. The van der Waals surface area contributed by atoms with E-state index in [4.69, 9.17) is 10.5 Å². The Morgan fingerprint density at radius 2 is 2.21 bits per heavy atom. The molecule has 0 radical (unpaired) electrons. The van der Waals surface area contributed by atoms with E-state index in [1.54, 1.807) is 18.4 Å². The number of anilines is 1. The van der Waals surface area contributed by atoms with Gasteiger partial charge in [0, 0.05) is 21.2 Å². The fourth-order valence-corrected chi connectivity index (χ4v) is 2.68. The molecule has 0 aliphatic carbocycles. The van der Waals surface area contributed by atoms with Crippen LogP contribution in [-0.2, 0) is 6.42 Å². The van der Waals surface area contributed by atoms with Crippen molar-refractivity contribution in [2.24, 2.45) is 0 Å². The van der Waals surface area contributed by atoms with Crippen LogP contribution in [0.2, 0.25) is 0 Å². The Hall–Kier alpha value is -1.22. The van der Waals surface area contributed by atoms with Crippen LogP contribution in [0.25, 0.3) is 10.1 Å². The summed E-state index contributed by atoms with van der Waals surface area (Å²) in [6.07, 6.45) is 0.981. The average Bonchev–Trinajstić information content (AvgIpc) is 2.59. The zero-order chi connectivity index (χ0) is 10.1. The van der Waals surface area contributed by atoms with Gasteiger partial charge in [-0.2, -0.15) is 0 Å². The molecule has 0 atom stereocenters. The Labute approximate surface area is 87.3 Å². The van der Waals surface area contributed by atoms with Gasteiger partial charge in [-0.1, -0.05) is 6.92 Å². The van der Waals surface area contributed by atoms with Gasteiger partial charge in [0.05, 0.1) is 7.11 Å². The number of hydrogen-bond acceptors (Lipinski definition) is 3. The van der Waals surface area contributed by atoms with Crippen molar-refractivity contribution < 1.29 is 4.74 Å². The third-order valence-electron chi connectivity index (χ3n) is 2.35. The molecule has 2 rings (SSSR count). The molecule has 2 nitrogen and oxygen atoms in total. The van der Waals surface area contributed by atoms with Crippen LogP contribution in [0.5, 0.6) is 5.75 Å². The van der Waals surface area contributed by atoms with E-state index in [1.807, 2.05) is 17.5 Å². The smallest absolute Gasteiger partial charge is 0.137 e. The topological polar surface area (TPSA) is 35.2 Å². The molecule has 1 heterocycles. The molecule has 0 aliphatic rings. The Morgan fingerprint density at radius 1 is 1.43 bits per heavy atom. The predicted octanol–water partition coefficient (Wildman–Crippen LogP) is 3.05. The second-order valence-electron chi connectivity index (χ2n) is 3.21. The maximum Gasteiger partial charge on any atom is 0.137 e. The molecular weight excluding hydrogens is 194 g/mol.